The minimum Gasteiger partial charge on any atom is -0.478 e. The summed E-state index contributed by atoms with van der Waals surface area (Å²) in [6, 6.07) is 0. The van der Waals surface area contributed by atoms with E-state index in [4.69, 9.17) is 10.8 Å². The molecule has 0 atom stereocenters. The maximum absolute atomic E-state index is 10.4. The predicted octanol–water partition coefficient (Wildman–Crippen LogP) is 1.05. The summed E-state index contributed by atoms with van der Waals surface area (Å²) >= 11 is 0. The smallest absolute Gasteiger partial charge is 0.337 e. The first-order valence-corrected chi connectivity index (χ1v) is 3.08. The highest BCUT2D eigenvalue weighted by Crippen LogP contribution is 2.00. The van der Waals surface area contributed by atoms with Gasteiger partial charge in [0.1, 0.15) is 0 Å². The Morgan fingerprint density at radius 2 is 2.18 bits per heavy atom. The van der Waals surface area contributed by atoms with Crippen LogP contribution in [0, 0.1) is 0 Å². The minimum atomic E-state index is -1.02. The highest BCUT2D eigenvalue weighted by atomic mass is 16.4. The summed E-state index contributed by atoms with van der Waals surface area (Å²) in [6.45, 7) is 4.95. The van der Waals surface area contributed by atoms with Gasteiger partial charge in [-0.1, -0.05) is 18.7 Å². The van der Waals surface area contributed by atoms with Crippen LogP contribution in [0.15, 0.2) is 36.1 Å². The van der Waals surface area contributed by atoms with Crippen LogP contribution in [0.4, 0.5) is 0 Å². The SMILES string of the molecule is C=C/C=C\C(C(=O)O)=C(/C)N. The average molecular weight is 153 g/mol. The van der Waals surface area contributed by atoms with Crippen LogP contribution in [0.3, 0.4) is 0 Å². The van der Waals surface area contributed by atoms with E-state index < -0.39 is 5.97 Å². The first-order valence-electron chi connectivity index (χ1n) is 3.08. The van der Waals surface area contributed by atoms with E-state index in [1.54, 1.807) is 0 Å². The normalized spacial score (nSPS) is 12.8. The lowest BCUT2D eigenvalue weighted by Gasteiger charge is -1.95. The third-order valence-electron chi connectivity index (χ3n) is 1.05. The molecule has 3 nitrogen and oxygen atoms in total. The second kappa shape index (κ2) is 4.33. The Hall–Kier alpha value is -1.51. The van der Waals surface area contributed by atoms with Crippen LogP contribution in [0.1, 0.15) is 6.92 Å². The van der Waals surface area contributed by atoms with Gasteiger partial charge < -0.3 is 10.8 Å². The van der Waals surface area contributed by atoms with Crippen LogP contribution in [-0.2, 0) is 4.79 Å². The number of rotatable bonds is 3. The molecular formula is C8H11NO2. The number of hydrogen-bond donors (Lipinski definition) is 2. The number of aliphatic carboxylic acids is 1. The van der Waals surface area contributed by atoms with Crippen LogP contribution >= 0.6 is 0 Å². The summed E-state index contributed by atoms with van der Waals surface area (Å²) < 4.78 is 0. The Morgan fingerprint density at radius 1 is 1.64 bits per heavy atom. The molecular weight excluding hydrogens is 142 g/mol. The lowest BCUT2D eigenvalue weighted by molar-refractivity contribution is -0.132. The van der Waals surface area contributed by atoms with Crippen molar-refractivity contribution in [1.82, 2.24) is 0 Å². The third kappa shape index (κ3) is 3.25. The van der Waals surface area contributed by atoms with Crippen molar-refractivity contribution in [3.63, 3.8) is 0 Å². The number of nitrogens with two attached hydrogens (primary N) is 1. The Morgan fingerprint density at radius 3 is 2.45 bits per heavy atom. The van der Waals surface area contributed by atoms with Gasteiger partial charge in [0, 0.05) is 5.70 Å². The molecule has 0 aliphatic heterocycles. The maximum Gasteiger partial charge on any atom is 0.337 e. The topological polar surface area (TPSA) is 63.3 Å². The molecule has 0 aliphatic carbocycles. The zero-order valence-electron chi connectivity index (χ0n) is 6.37. The number of allylic oxidation sites excluding steroid dienone is 3. The molecule has 0 unspecified atom stereocenters. The summed E-state index contributed by atoms with van der Waals surface area (Å²) in [6.07, 6.45) is 4.43. The number of carboxylic acids is 1. The molecule has 0 rings (SSSR count). The van der Waals surface area contributed by atoms with Crippen LogP contribution in [0.25, 0.3) is 0 Å². The molecule has 0 amide bonds. The third-order valence-corrected chi connectivity index (χ3v) is 1.05. The van der Waals surface area contributed by atoms with Crippen molar-refractivity contribution in [2.24, 2.45) is 5.73 Å². The molecule has 0 saturated heterocycles. The van der Waals surface area contributed by atoms with Gasteiger partial charge in [-0.15, -0.1) is 0 Å². The maximum atomic E-state index is 10.4. The lowest BCUT2D eigenvalue weighted by atomic mass is 10.2. The van der Waals surface area contributed by atoms with Crippen molar-refractivity contribution in [1.29, 1.82) is 0 Å². The van der Waals surface area contributed by atoms with Gasteiger partial charge in [-0.3, -0.25) is 0 Å². The largest absolute Gasteiger partial charge is 0.478 e. The molecule has 0 aromatic carbocycles. The summed E-state index contributed by atoms with van der Waals surface area (Å²) in [5.41, 5.74) is 5.68. The predicted molar refractivity (Wildman–Crippen MR) is 43.9 cm³/mol. The zero-order chi connectivity index (χ0) is 8.85. The van der Waals surface area contributed by atoms with Crippen molar-refractivity contribution in [3.8, 4) is 0 Å². The van der Waals surface area contributed by atoms with Crippen molar-refractivity contribution < 1.29 is 9.90 Å². The van der Waals surface area contributed by atoms with Gasteiger partial charge in [0.05, 0.1) is 5.57 Å². The van der Waals surface area contributed by atoms with Gasteiger partial charge in [0.2, 0.25) is 0 Å². The Kier molecular flexibility index (Phi) is 3.73. The van der Waals surface area contributed by atoms with Gasteiger partial charge >= 0.3 is 5.97 Å². The summed E-state index contributed by atoms with van der Waals surface area (Å²) in [4.78, 5) is 10.4. The molecule has 3 heteroatoms. The van der Waals surface area contributed by atoms with E-state index in [1.807, 2.05) is 0 Å². The second-order valence-electron chi connectivity index (χ2n) is 2.00. The number of hydrogen-bond acceptors (Lipinski definition) is 2. The Balaban J connectivity index is 4.64. The lowest BCUT2D eigenvalue weighted by Crippen LogP contribution is -2.05. The molecule has 0 aliphatic rings. The average Bonchev–Trinajstić information content (AvgIpc) is 1.87. The van der Waals surface area contributed by atoms with Crippen molar-refractivity contribution in [2.45, 2.75) is 6.92 Å². The van der Waals surface area contributed by atoms with Gasteiger partial charge in [0.25, 0.3) is 0 Å². The molecule has 0 heterocycles. The molecule has 60 valence electrons. The van der Waals surface area contributed by atoms with E-state index in [0.717, 1.165) is 0 Å². The van der Waals surface area contributed by atoms with Crippen molar-refractivity contribution >= 4 is 5.97 Å². The molecule has 11 heavy (non-hydrogen) atoms. The molecule has 0 radical (unpaired) electrons. The molecule has 0 aromatic rings. The Labute approximate surface area is 65.5 Å². The fourth-order valence-corrected chi connectivity index (χ4v) is 0.536. The van der Waals surface area contributed by atoms with Crippen LogP contribution in [0.5, 0.6) is 0 Å². The minimum absolute atomic E-state index is 0.102. The number of carboxylic acid groups (broad SMARTS) is 1. The fourth-order valence-electron chi connectivity index (χ4n) is 0.536. The standard InChI is InChI=1S/C8H11NO2/c1-3-4-5-7(6(2)9)8(10)11/h3-5H,1,9H2,2H3,(H,10,11)/b5-4-,7-6-. The quantitative estimate of drug-likeness (QED) is 0.470. The summed E-state index contributed by atoms with van der Waals surface area (Å²) in [5, 5.41) is 8.55. The van der Waals surface area contributed by atoms with Gasteiger partial charge in [-0.05, 0) is 13.0 Å². The van der Waals surface area contributed by atoms with E-state index in [0.29, 0.717) is 0 Å². The summed E-state index contributed by atoms with van der Waals surface area (Å²) in [7, 11) is 0. The Bertz CT molecular complexity index is 222. The van der Waals surface area contributed by atoms with Gasteiger partial charge in [0.15, 0.2) is 0 Å². The van der Waals surface area contributed by atoms with Crippen LogP contribution < -0.4 is 5.73 Å². The molecule has 0 spiro atoms. The zero-order valence-corrected chi connectivity index (χ0v) is 6.37. The van der Waals surface area contributed by atoms with E-state index in [2.05, 4.69) is 6.58 Å². The number of carbonyl (C=O) groups is 1. The van der Waals surface area contributed by atoms with Crippen LogP contribution in [0.2, 0.25) is 0 Å². The van der Waals surface area contributed by atoms with E-state index in [9.17, 15) is 4.79 Å². The van der Waals surface area contributed by atoms with E-state index in [1.165, 1.54) is 25.2 Å². The first kappa shape index (κ1) is 9.49. The molecule has 3 N–H and O–H groups in total. The molecule has 0 bridgehead atoms. The monoisotopic (exact) mass is 153 g/mol. The van der Waals surface area contributed by atoms with Crippen LogP contribution in [-0.4, -0.2) is 11.1 Å². The van der Waals surface area contributed by atoms with E-state index >= 15 is 0 Å². The van der Waals surface area contributed by atoms with Gasteiger partial charge in [-0.2, -0.15) is 0 Å². The van der Waals surface area contributed by atoms with Crippen molar-refractivity contribution in [2.75, 3.05) is 0 Å². The van der Waals surface area contributed by atoms with E-state index in [-0.39, 0.29) is 11.3 Å². The second-order valence-corrected chi connectivity index (χ2v) is 2.00. The highest BCUT2D eigenvalue weighted by Gasteiger charge is 2.03. The van der Waals surface area contributed by atoms with Gasteiger partial charge in [-0.25, -0.2) is 4.79 Å². The first-order chi connectivity index (χ1) is 5.09. The van der Waals surface area contributed by atoms with Crippen molar-refractivity contribution in [3.05, 3.63) is 36.1 Å². The molecule has 0 fully saturated rings. The fraction of sp³-hybridized carbons (Fsp3) is 0.125. The molecule has 0 saturated carbocycles. The highest BCUT2D eigenvalue weighted by molar-refractivity contribution is 5.90. The molecule has 0 aromatic heterocycles. The summed E-state index contributed by atoms with van der Waals surface area (Å²) in [5.74, 6) is -1.02.